The highest BCUT2D eigenvalue weighted by atomic mass is 16.6. The molecule has 36 heavy (non-hydrogen) atoms. The van der Waals surface area contributed by atoms with Crippen LogP contribution in [0.1, 0.15) is 71.1 Å². The molecule has 3 aliphatic heterocycles. The number of fused-ring (bicyclic) bond motifs is 1. The Morgan fingerprint density at radius 2 is 2.00 bits per heavy atom. The molecule has 0 aromatic heterocycles. The number of esters is 1. The molecule has 3 saturated heterocycles. The maximum atomic E-state index is 14.1. The molecule has 8 heteroatoms. The largest absolute Gasteiger partial charge is 0.465 e. The molecule has 2 amide bonds. The molecule has 1 N–H and O–H groups in total. The third-order valence-corrected chi connectivity index (χ3v) is 7.85. The normalized spacial score (nSPS) is 28.3. The fourth-order valence-electron chi connectivity index (χ4n) is 6.18. The monoisotopic (exact) mass is 504 g/mol. The number of likely N-dealkylation sites (tertiary alicyclic amines) is 1. The maximum Gasteiger partial charge on any atom is 0.312 e. The van der Waals surface area contributed by atoms with E-state index in [1.54, 1.807) is 22.0 Å². The minimum atomic E-state index is -0.995. The topological polar surface area (TPSA) is 96.4 Å². The molecule has 3 aliphatic rings. The molecule has 1 spiro atoms. The van der Waals surface area contributed by atoms with E-state index in [0.717, 1.165) is 32.1 Å². The van der Waals surface area contributed by atoms with Crippen LogP contribution in [0.25, 0.3) is 0 Å². The SMILES string of the molecule is C=CCCCOC(=O)[C@@H]1[C@H]2C(=O)N(CCCCCO)C(C(=O)N(CC=C)CCCCC)C23CC[C@H]1O3. The van der Waals surface area contributed by atoms with Crippen LogP contribution in [0.2, 0.25) is 0 Å². The van der Waals surface area contributed by atoms with Crippen molar-refractivity contribution in [2.45, 2.75) is 88.9 Å². The molecule has 3 heterocycles. The van der Waals surface area contributed by atoms with E-state index in [4.69, 9.17) is 9.47 Å². The van der Waals surface area contributed by atoms with E-state index in [9.17, 15) is 19.5 Å². The zero-order chi connectivity index (χ0) is 26.1. The molecule has 0 saturated carbocycles. The summed E-state index contributed by atoms with van der Waals surface area (Å²) in [6, 6.07) is -0.755. The van der Waals surface area contributed by atoms with Gasteiger partial charge in [-0.05, 0) is 51.4 Å². The molecule has 2 bridgehead atoms. The molecule has 0 aliphatic carbocycles. The predicted molar refractivity (Wildman–Crippen MR) is 137 cm³/mol. The van der Waals surface area contributed by atoms with Gasteiger partial charge in [0.25, 0.3) is 0 Å². The quantitative estimate of drug-likeness (QED) is 0.186. The zero-order valence-electron chi connectivity index (χ0n) is 21.9. The van der Waals surface area contributed by atoms with Gasteiger partial charge in [0.15, 0.2) is 0 Å². The molecule has 3 fully saturated rings. The minimum Gasteiger partial charge on any atom is -0.465 e. The lowest BCUT2D eigenvalue weighted by Crippen LogP contribution is -2.56. The number of rotatable bonds is 17. The zero-order valence-corrected chi connectivity index (χ0v) is 21.9. The third-order valence-electron chi connectivity index (χ3n) is 7.85. The van der Waals surface area contributed by atoms with Crippen LogP contribution in [0, 0.1) is 11.8 Å². The molecule has 3 rings (SSSR count). The first kappa shape index (κ1) is 28.4. The summed E-state index contributed by atoms with van der Waals surface area (Å²) in [5, 5.41) is 9.17. The number of unbranched alkanes of at least 4 members (excludes halogenated alkanes) is 5. The summed E-state index contributed by atoms with van der Waals surface area (Å²) in [4.78, 5) is 44.5. The van der Waals surface area contributed by atoms with Gasteiger partial charge in [-0.15, -0.1) is 13.2 Å². The van der Waals surface area contributed by atoms with E-state index in [2.05, 4.69) is 20.1 Å². The van der Waals surface area contributed by atoms with Gasteiger partial charge in [-0.25, -0.2) is 0 Å². The molecule has 8 nitrogen and oxygen atoms in total. The van der Waals surface area contributed by atoms with Crippen LogP contribution >= 0.6 is 0 Å². The van der Waals surface area contributed by atoms with Crippen LogP contribution in [0.4, 0.5) is 0 Å². The number of ether oxygens (including phenoxy) is 2. The van der Waals surface area contributed by atoms with Crippen molar-refractivity contribution in [1.29, 1.82) is 0 Å². The van der Waals surface area contributed by atoms with Crippen molar-refractivity contribution in [2.24, 2.45) is 11.8 Å². The van der Waals surface area contributed by atoms with E-state index in [-0.39, 0.29) is 25.0 Å². The molecule has 0 aromatic carbocycles. The van der Waals surface area contributed by atoms with Gasteiger partial charge in [-0.3, -0.25) is 14.4 Å². The predicted octanol–water partition coefficient (Wildman–Crippen LogP) is 3.24. The Bertz CT molecular complexity index is 801. The third kappa shape index (κ3) is 5.70. The number of hydrogen-bond acceptors (Lipinski definition) is 6. The van der Waals surface area contributed by atoms with Gasteiger partial charge in [-0.2, -0.15) is 0 Å². The summed E-state index contributed by atoms with van der Waals surface area (Å²) in [6.45, 7) is 11.4. The fourth-order valence-corrected chi connectivity index (χ4v) is 6.18. The molecule has 5 atom stereocenters. The van der Waals surface area contributed by atoms with E-state index >= 15 is 0 Å². The Morgan fingerprint density at radius 3 is 2.69 bits per heavy atom. The second kappa shape index (κ2) is 13.4. The first-order chi connectivity index (χ1) is 17.5. The number of allylic oxidation sites excluding steroid dienone is 1. The van der Waals surface area contributed by atoms with Crippen LogP contribution in [0.3, 0.4) is 0 Å². The summed E-state index contributed by atoms with van der Waals surface area (Å²) < 4.78 is 12.0. The summed E-state index contributed by atoms with van der Waals surface area (Å²) in [5.41, 5.74) is -0.995. The highest BCUT2D eigenvalue weighted by molar-refractivity contribution is 5.98. The van der Waals surface area contributed by atoms with Crippen molar-refractivity contribution in [1.82, 2.24) is 9.80 Å². The molecule has 0 aromatic rings. The summed E-state index contributed by atoms with van der Waals surface area (Å²) >= 11 is 0. The van der Waals surface area contributed by atoms with Crippen LogP contribution in [-0.2, 0) is 23.9 Å². The Morgan fingerprint density at radius 1 is 1.19 bits per heavy atom. The highest BCUT2D eigenvalue weighted by Gasteiger charge is 2.74. The van der Waals surface area contributed by atoms with E-state index in [1.165, 1.54) is 0 Å². The van der Waals surface area contributed by atoms with Crippen LogP contribution in [-0.4, -0.2) is 83.3 Å². The Kier molecular flexibility index (Phi) is 10.5. The van der Waals surface area contributed by atoms with Crippen molar-refractivity contribution in [2.75, 3.05) is 32.8 Å². The fraction of sp³-hybridized carbons (Fsp3) is 0.750. The van der Waals surface area contributed by atoms with E-state index in [0.29, 0.717) is 51.7 Å². The maximum absolute atomic E-state index is 14.1. The van der Waals surface area contributed by atoms with Crippen molar-refractivity contribution >= 4 is 17.8 Å². The van der Waals surface area contributed by atoms with Gasteiger partial charge in [0, 0.05) is 26.2 Å². The van der Waals surface area contributed by atoms with Crippen molar-refractivity contribution < 1.29 is 29.0 Å². The van der Waals surface area contributed by atoms with Crippen LogP contribution in [0.15, 0.2) is 25.3 Å². The second-order valence-corrected chi connectivity index (χ2v) is 10.3. The number of carbonyl (C=O) groups is 3. The first-order valence-corrected chi connectivity index (χ1v) is 13.7. The number of carbonyl (C=O) groups excluding carboxylic acids is 3. The average molecular weight is 505 g/mol. The van der Waals surface area contributed by atoms with Crippen LogP contribution in [0.5, 0.6) is 0 Å². The summed E-state index contributed by atoms with van der Waals surface area (Å²) in [6.07, 6.45) is 10.8. The first-order valence-electron chi connectivity index (χ1n) is 13.7. The Hall–Kier alpha value is -2.19. The van der Waals surface area contributed by atoms with Gasteiger partial charge in [0.05, 0.1) is 24.5 Å². The number of amides is 2. The number of hydrogen-bond donors (Lipinski definition) is 1. The highest BCUT2D eigenvalue weighted by Crippen LogP contribution is 2.58. The van der Waals surface area contributed by atoms with Crippen molar-refractivity contribution in [3.05, 3.63) is 25.3 Å². The van der Waals surface area contributed by atoms with Crippen molar-refractivity contribution in [3.8, 4) is 0 Å². The average Bonchev–Trinajstić information content (AvgIpc) is 3.51. The number of aliphatic hydroxyl groups excluding tert-OH is 1. The van der Waals surface area contributed by atoms with Gasteiger partial charge < -0.3 is 24.4 Å². The number of nitrogens with zero attached hydrogens (tertiary/aromatic N) is 2. The summed E-state index contributed by atoms with van der Waals surface area (Å²) in [7, 11) is 0. The Balaban J connectivity index is 1.87. The van der Waals surface area contributed by atoms with Gasteiger partial charge in [0.1, 0.15) is 11.6 Å². The van der Waals surface area contributed by atoms with Crippen molar-refractivity contribution in [3.63, 3.8) is 0 Å². The van der Waals surface area contributed by atoms with Crippen LogP contribution < -0.4 is 0 Å². The van der Waals surface area contributed by atoms with Gasteiger partial charge in [0.2, 0.25) is 11.8 Å². The second-order valence-electron chi connectivity index (χ2n) is 10.3. The van der Waals surface area contributed by atoms with Gasteiger partial charge in [-0.1, -0.05) is 31.9 Å². The lowest BCUT2D eigenvalue weighted by Gasteiger charge is -2.36. The minimum absolute atomic E-state index is 0.0952. The molecular formula is C28H44N2O6. The molecule has 0 radical (unpaired) electrons. The lowest BCUT2D eigenvalue weighted by atomic mass is 9.70. The Labute approximate surface area is 215 Å². The van der Waals surface area contributed by atoms with E-state index in [1.807, 2.05) is 0 Å². The summed E-state index contributed by atoms with van der Waals surface area (Å²) in [5.74, 6) is -2.08. The molecule has 202 valence electrons. The number of aliphatic hydroxyl groups is 1. The van der Waals surface area contributed by atoms with E-state index < -0.39 is 35.6 Å². The molecular weight excluding hydrogens is 460 g/mol. The standard InChI is InChI=1S/C28H44N2O6/c1-4-7-10-17-29(16-6-3)26(33)24-28-15-14-21(36-28)22(27(34)35-20-13-8-5-2)23(28)25(32)30(24)18-11-9-12-19-31/h5-6,21-24,31H,2-4,7-20H2,1H3/t21-,22+,23+,24?,28?/m1/s1. The lowest BCUT2D eigenvalue weighted by molar-refractivity contribution is -0.155. The smallest absolute Gasteiger partial charge is 0.312 e. The molecule has 2 unspecified atom stereocenters. The van der Waals surface area contributed by atoms with Gasteiger partial charge >= 0.3 is 5.97 Å².